The van der Waals surface area contributed by atoms with Crippen molar-refractivity contribution in [1.29, 1.82) is 0 Å². The van der Waals surface area contributed by atoms with Crippen LogP contribution in [0.4, 0.5) is 0 Å². The molecule has 20 heavy (non-hydrogen) atoms. The maximum Gasteiger partial charge on any atom is 0.475 e. The smallest absolute Gasteiger partial charge is 0.376 e. The normalized spacial score (nSPS) is 45.1. The van der Waals surface area contributed by atoms with Crippen LogP contribution >= 0.6 is 7.82 Å². The van der Waals surface area contributed by atoms with Gasteiger partial charge < -0.3 is 18.9 Å². The Bertz CT molecular complexity index is 364. The number of ether oxygens (including phenoxy) is 4. The van der Waals surface area contributed by atoms with E-state index in [0.29, 0.717) is 0 Å². The molecule has 2 heterocycles. The molecule has 0 N–H and O–H groups in total. The van der Waals surface area contributed by atoms with Crippen LogP contribution in [0.5, 0.6) is 0 Å². The van der Waals surface area contributed by atoms with Crippen molar-refractivity contribution < 1.29 is 37.1 Å². The summed E-state index contributed by atoms with van der Waals surface area (Å²) in [5, 5.41) is 0. The summed E-state index contributed by atoms with van der Waals surface area (Å²) < 4.78 is 49.6. The van der Waals surface area contributed by atoms with E-state index in [-0.39, 0.29) is 13.2 Å². The Morgan fingerprint density at radius 3 is 2.40 bits per heavy atom. The van der Waals surface area contributed by atoms with E-state index in [9.17, 15) is 4.57 Å². The van der Waals surface area contributed by atoms with E-state index in [1.165, 1.54) is 21.3 Å². The first-order valence-corrected chi connectivity index (χ1v) is 7.86. The molecule has 0 saturated carbocycles. The quantitative estimate of drug-likeness (QED) is 0.694. The van der Waals surface area contributed by atoms with Crippen molar-refractivity contribution in [3.8, 4) is 0 Å². The Morgan fingerprint density at radius 2 is 1.85 bits per heavy atom. The number of hydrogen-bond donors (Lipinski definition) is 0. The van der Waals surface area contributed by atoms with Gasteiger partial charge in [0.15, 0.2) is 6.29 Å². The van der Waals surface area contributed by atoms with Crippen molar-refractivity contribution >= 4 is 7.82 Å². The lowest BCUT2D eigenvalue weighted by atomic mass is 9.99. The van der Waals surface area contributed by atoms with Crippen molar-refractivity contribution in [1.82, 2.24) is 0 Å². The maximum absolute atomic E-state index is 12.2. The third-order valence-corrected chi connectivity index (χ3v) is 4.84. The molecule has 0 aromatic carbocycles. The number of phosphoric acid groups is 1. The van der Waals surface area contributed by atoms with Crippen molar-refractivity contribution in [2.75, 3.05) is 34.5 Å². The van der Waals surface area contributed by atoms with Crippen LogP contribution in [0.1, 0.15) is 6.92 Å². The molecular formula is C11H21O8P. The van der Waals surface area contributed by atoms with Gasteiger partial charge in [-0.3, -0.25) is 13.6 Å². The monoisotopic (exact) mass is 312 g/mol. The highest BCUT2D eigenvalue weighted by molar-refractivity contribution is 7.48. The minimum absolute atomic E-state index is 0.0814. The van der Waals surface area contributed by atoms with Gasteiger partial charge in [-0.05, 0) is 6.92 Å². The van der Waals surface area contributed by atoms with Crippen LogP contribution in [0, 0.1) is 0 Å². The lowest BCUT2D eigenvalue weighted by molar-refractivity contribution is -0.307. The highest BCUT2D eigenvalue weighted by atomic mass is 31.2. The fourth-order valence-corrected chi connectivity index (χ4v) is 3.81. The van der Waals surface area contributed by atoms with Crippen LogP contribution in [-0.2, 0) is 37.1 Å². The average molecular weight is 312 g/mol. The summed E-state index contributed by atoms with van der Waals surface area (Å²) in [6, 6.07) is 0. The van der Waals surface area contributed by atoms with Crippen molar-refractivity contribution in [3.63, 3.8) is 0 Å². The fourth-order valence-electron chi connectivity index (χ4n) is 2.42. The third kappa shape index (κ3) is 3.08. The highest BCUT2D eigenvalue weighted by Crippen LogP contribution is 2.55. The van der Waals surface area contributed by atoms with Gasteiger partial charge in [0.1, 0.15) is 24.4 Å². The SMILES string of the molecule is CCO[P@]1(=O)OC[C@H]2OC(OC)C(OC)C(OC)[C@@H]2O1. The number of methoxy groups -OCH3 is 3. The van der Waals surface area contributed by atoms with Crippen LogP contribution in [0.3, 0.4) is 0 Å². The predicted molar refractivity (Wildman–Crippen MR) is 67.3 cm³/mol. The first kappa shape index (κ1) is 16.3. The van der Waals surface area contributed by atoms with Gasteiger partial charge in [0.25, 0.3) is 0 Å². The molecule has 2 aliphatic rings. The first-order valence-electron chi connectivity index (χ1n) is 6.40. The van der Waals surface area contributed by atoms with Crippen LogP contribution in [0.15, 0.2) is 0 Å². The topological polar surface area (TPSA) is 81.7 Å². The summed E-state index contributed by atoms with van der Waals surface area (Å²) >= 11 is 0. The fraction of sp³-hybridized carbons (Fsp3) is 1.00. The second kappa shape index (κ2) is 6.81. The van der Waals surface area contributed by atoms with Crippen molar-refractivity contribution in [2.24, 2.45) is 0 Å². The molecule has 2 fully saturated rings. The van der Waals surface area contributed by atoms with Gasteiger partial charge in [0.2, 0.25) is 0 Å². The molecule has 2 aliphatic heterocycles. The molecule has 0 aliphatic carbocycles. The van der Waals surface area contributed by atoms with Gasteiger partial charge in [-0.15, -0.1) is 0 Å². The summed E-state index contributed by atoms with van der Waals surface area (Å²) in [6.07, 6.45) is -2.68. The second-order valence-corrected chi connectivity index (χ2v) is 6.03. The van der Waals surface area contributed by atoms with E-state index in [1.54, 1.807) is 6.92 Å². The third-order valence-electron chi connectivity index (χ3n) is 3.30. The molecule has 0 aromatic heterocycles. The van der Waals surface area contributed by atoms with Crippen molar-refractivity contribution in [3.05, 3.63) is 0 Å². The van der Waals surface area contributed by atoms with Crippen LogP contribution in [-0.4, -0.2) is 65.2 Å². The van der Waals surface area contributed by atoms with Crippen molar-refractivity contribution in [2.45, 2.75) is 37.6 Å². The number of hydrogen-bond acceptors (Lipinski definition) is 8. The zero-order chi connectivity index (χ0) is 14.8. The van der Waals surface area contributed by atoms with E-state index in [0.717, 1.165) is 0 Å². The minimum Gasteiger partial charge on any atom is -0.376 e. The first-order chi connectivity index (χ1) is 9.58. The molecule has 0 radical (unpaired) electrons. The second-order valence-electron chi connectivity index (χ2n) is 4.41. The lowest BCUT2D eigenvalue weighted by Gasteiger charge is -2.47. The van der Waals surface area contributed by atoms with Gasteiger partial charge in [-0.2, -0.15) is 0 Å². The van der Waals surface area contributed by atoms with Gasteiger partial charge in [0, 0.05) is 21.3 Å². The molecule has 3 unspecified atom stereocenters. The molecule has 2 saturated heterocycles. The summed E-state index contributed by atoms with van der Waals surface area (Å²) in [6.45, 7) is 2.02. The zero-order valence-electron chi connectivity index (χ0n) is 12.0. The van der Waals surface area contributed by atoms with E-state index < -0.39 is 38.5 Å². The number of phosphoric ester groups is 1. The predicted octanol–water partition coefficient (Wildman–Crippen LogP) is 0.948. The number of fused-ring (bicyclic) bond motifs is 1. The minimum atomic E-state index is -3.57. The van der Waals surface area contributed by atoms with Crippen LogP contribution < -0.4 is 0 Å². The summed E-state index contributed by atoms with van der Waals surface area (Å²) in [5.41, 5.74) is 0. The Hall–Kier alpha value is -0.0500. The number of rotatable bonds is 5. The van der Waals surface area contributed by atoms with E-state index in [2.05, 4.69) is 0 Å². The Labute approximate surface area is 118 Å². The van der Waals surface area contributed by atoms with E-state index in [4.69, 9.17) is 32.5 Å². The average Bonchev–Trinajstić information content (AvgIpc) is 2.45. The molecule has 0 aromatic rings. The molecule has 0 spiro atoms. The standard InChI is InChI=1S/C11H21O8P/c1-5-16-20(12)17-6-7-8(19-20)9(13-2)10(14-3)11(15-4)18-7/h7-11H,5-6H2,1-4H3/t7-,8-,9?,10?,11?,20-/m1/s1. The molecule has 6 atom stereocenters. The Kier molecular flexibility index (Phi) is 5.56. The molecule has 118 valence electrons. The van der Waals surface area contributed by atoms with E-state index in [1.807, 2.05) is 0 Å². The van der Waals surface area contributed by atoms with Crippen LogP contribution in [0.25, 0.3) is 0 Å². The highest BCUT2D eigenvalue weighted by Gasteiger charge is 2.54. The molecule has 9 heteroatoms. The molecule has 8 nitrogen and oxygen atoms in total. The summed E-state index contributed by atoms with van der Waals surface area (Å²) in [7, 11) is 0.984. The Balaban J connectivity index is 2.18. The summed E-state index contributed by atoms with van der Waals surface area (Å²) in [4.78, 5) is 0. The van der Waals surface area contributed by atoms with Crippen LogP contribution in [0.2, 0.25) is 0 Å². The van der Waals surface area contributed by atoms with Gasteiger partial charge in [-0.1, -0.05) is 0 Å². The zero-order valence-corrected chi connectivity index (χ0v) is 12.9. The van der Waals surface area contributed by atoms with Gasteiger partial charge in [-0.25, -0.2) is 4.57 Å². The van der Waals surface area contributed by atoms with Gasteiger partial charge >= 0.3 is 7.82 Å². The van der Waals surface area contributed by atoms with Gasteiger partial charge in [0.05, 0.1) is 13.2 Å². The molecule has 2 rings (SSSR count). The maximum atomic E-state index is 12.2. The molecule has 0 amide bonds. The lowest BCUT2D eigenvalue weighted by Crippen LogP contribution is -2.62. The summed E-state index contributed by atoms with van der Waals surface area (Å²) in [5.74, 6) is 0. The van der Waals surface area contributed by atoms with E-state index >= 15 is 0 Å². The molecule has 0 bridgehead atoms. The largest absolute Gasteiger partial charge is 0.475 e. The Morgan fingerprint density at radius 1 is 1.15 bits per heavy atom. The molecular weight excluding hydrogens is 291 g/mol.